The Hall–Kier alpha value is -0.340. The molecule has 0 aromatic carbocycles. The van der Waals surface area contributed by atoms with Crippen molar-refractivity contribution in [2.24, 2.45) is 5.73 Å². The smallest absolute Gasteiger partial charge is 0.124 e. The number of aliphatic hydroxyl groups is 1. The van der Waals surface area contributed by atoms with Gasteiger partial charge in [-0.1, -0.05) is 13.0 Å². The van der Waals surface area contributed by atoms with Gasteiger partial charge in [0.05, 0.1) is 0 Å². The molecule has 0 bridgehead atoms. The highest BCUT2D eigenvalue weighted by Gasteiger charge is 1.93. The maximum Gasteiger partial charge on any atom is 0.124 e. The zero-order valence-electron chi connectivity index (χ0n) is 5.39. The number of allylic oxidation sites excluding steroid dienone is 1. The minimum Gasteiger partial charge on any atom is -0.375 e. The first kappa shape index (κ1) is 7.66. The van der Waals surface area contributed by atoms with Crippen molar-refractivity contribution in [3.8, 4) is 0 Å². The number of hydrogen-bond acceptors (Lipinski definition) is 2. The van der Waals surface area contributed by atoms with Crippen LogP contribution in [-0.2, 0) is 0 Å². The second-order valence-corrected chi connectivity index (χ2v) is 1.80. The van der Waals surface area contributed by atoms with Gasteiger partial charge in [-0.2, -0.15) is 0 Å². The van der Waals surface area contributed by atoms with E-state index in [1.165, 1.54) is 0 Å². The van der Waals surface area contributed by atoms with Gasteiger partial charge < -0.3 is 10.8 Å². The highest BCUT2D eigenvalue weighted by molar-refractivity contribution is 5.01. The van der Waals surface area contributed by atoms with Crippen molar-refractivity contribution in [3.05, 3.63) is 11.6 Å². The molecule has 48 valence electrons. The van der Waals surface area contributed by atoms with Gasteiger partial charge in [0.2, 0.25) is 0 Å². The van der Waals surface area contributed by atoms with Gasteiger partial charge in [0.25, 0.3) is 0 Å². The van der Waals surface area contributed by atoms with Gasteiger partial charge >= 0.3 is 0 Å². The van der Waals surface area contributed by atoms with E-state index in [0.29, 0.717) is 0 Å². The summed E-state index contributed by atoms with van der Waals surface area (Å²) in [6.45, 7) is 3.82. The molecule has 0 aliphatic rings. The van der Waals surface area contributed by atoms with Crippen LogP contribution in [0.4, 0.5) is 0 Å². The summed E-state index contributed by atoms with van der Waals surface area (Å²) in [4.78, 5) is 0. The number of aliphatic hydroxyl groups excluding tert-OH is 1. The van der Waals surface area contributed by atoms with E-state index in [-0.39, 0.29) is 0 Å². The van der Waals surface area contributed by atoms with Crippen molar-refractivity contribution in [3.63, 3.8) is 0 Å². The molecule has 0 saturated heterocycles. The minimum absolute atomic E-state index is 0.769. The van der Waals surface area contributed by atoms with Crippen LogP contribution in [-0.4, -0.2) is 11.3 Å². The molecule has 0 aliphatic heterocycles. The summed E-state index contributed by atoms with van der Waals surface area (Å²) < 4.78 is 0. The average Bonchev–Trinajstić information content (AvgIpc) is 1.67. The fourth-order valence-corrected chi connectivity index (χ4v) is 0.443. The van der Waals surface area contributed by atoms with Crippen LogP contribution in [0.3, 0.4) is 0 Å². The summed E-state index contributed by atoms with van der Waals surface area (Å²) in [5.41, 5.74) is 5.95. The van der Waals surface area contributed by atoms with Crippen molar-refractivity contribution in [2.45, 2.75) is 26.5 Å². The third-order valence-corrected chi connectivity index (χ3v) is 0.993. The third kappa shape index (κ3) is 2.77. The Morgan fingerprint density at radius 3 is 2.50 bits per heavy atom. The predicted octanol–water partition coefficient (Wildman–Crippen LogP) is 0.620. The van der Waals surface area contributed by atoms with Gasteiger partial charge in [0.1, 0.15) is 6.23 Å². The number of nitrogens with two attached hydrogens (primary N) is 1. The largest absolute Gasteiger partial charge is 0.375 e. The molecule has 2 heteroatoms. The normalized spacial score (nSPS) is 16.2. The van der Waals surface area contributed by atoms with Gasteiger partial charge in [-0.25, -0.2) is 0 Å². The molecule has 0 rings (SSSR count). The predicted molar refractivity (Wildman–Crippen MR) is 34.2 cm³/mol. The van der Waals surface area contributed by atoms with E-state index in [0.717, 1.165) is 12.0 Å². The lowest BCUT2D eigenvalue weighted by Crippen LogP contribution is -2.19. The molecule has 0 aromatic rings. The van der Waals surface area contributed by atoms with Gasteiger partial charge in [0.15, 0.2) is 0 Å². The summed E-state index contributed by atoms with van der Waals surface area (Å²) >= 11 is 0. The molecule has 0 spiro atoms. The second-order valence-electron chi connectivity index (χ2n) is 1.80. The Labute approximate surface area is 50.0 Å². The van der Waals surface area contributed by atoms with E-state index in [1.807, 2.05) is 19.9 Å². The van der Waals surface area contributed by atoms with E-state index in [1.54, 1.807) is 0 Å². The molecule has 0 heterocycles. The van der Waals surface area contributed by atoms with Crippen molar-refractivity contribution < 1.29 is 5.11 Å². The van der Waals surface area contributed by atoms with Crippen LogP contribution in [0.1, 0.15) is 20.3 Å². The Bertz CT molecular complexity index is 86.5. The standard InChI is InChI=1S/C6H13NO/c1-3-4-5(2)6(7)8/h4,6,8H,3,7H2,1-2H3. The van der Waals surface area contributed by atoms with E-state index < -0.39 is 6.23 Å². The lowest BCUT2D eigenvalue weighted by atomic mass is 10.2. The zero-order chi connectivity index (χ0) is 6.57. The SMILES string of the molecule is CCC=C(C)C(N)O. The van der Waals surface area contributed by atoms with Crippen molar-refractivity contribution >= 4 is 0 Å². The summed E-state index contributed by atoms with van der Waals surface area (Å²) in [6.07, 6.45) is 2.07. The lowest BCUT2D eigenvalue weighted by molar-refractivity contribution is 0.218. The molecule has 0 aromatic heterocycles. The van der Waals surface area contributed by atoms with E-state index >= 15 is 0 Å². The summed E-state index contributed by atoms with van der Waals surface area (Å²) in [7, 11) is 0. The Morgan fingerprint density at radius 1 is 1.88 bits per heavy atom. The lowest BCUT2D eigenvalue weighted by Gasteiger charge is -2.01. The fourth-order valence-electron chi connectivity index (χ4n) is 0.443. The molecule has 0 saturated carbocycles. The Morgan fingerprint density at radius 2 is 2.38 bits per heavy atom. The first-order chi connectivity index (χ1) is 3.68. The average molecular weight is 115 g/mol. The summed E-state index contributed by atoms with van der Waals surface area (Å²) in [5, 5.41) is 8.66. The van der Waals surface area contributed by atoms with Gasteiger partial charge in [-0.15, -0.1) is 0 Å². The highest BCUT2D eigenvalue weighted by Crippen LogP contribution is 1.95. The Balaban J connectivity index is 3.61. The van der Waals surface area contributed by atoms with Gasteiger partial charge in [0, 0.05) is 0 Å². The molecule has 2 nitrogen and oxygen atoms in total. The maximum atomic E-state index is 8.66. The van der Waals surface area contributed by atoms with Gasteiger partial charge in [-0.05, 0) is 18.9 Å². The molecule has 0 amide bonds. The fraction of sp³-hybridized carbons (Fsp3) is 0.667. The summed E-state index contributed by atoms with van der Waals surface area (Å²) in [5.74, 6) is 0. The zero-order valence-corrected chi connectivity index (χ0v) is 5.39. The topological polar surface area (TPSA) is 46.2 Å². The van der Waals surface area contributed by atoms with Crippen molar-refractivity contribution in [2.75, 3.05) is 0 Å². The maximum absolute atomic E-state index is 8.66. The highest BCUT2D eigenvalue weighted by atomic mass is 16.3. The molecule has 0 fully saturated rings. The van der Waals surface area contributed by atoms with Crippen molar-refractivity contribution in [1.29, 1.82) is 0 Å². The second kappa shape index (κ2) is 3.64. The molecule has 1 atom stereocenters. The van der Waals surface area contributed by atoms with Crippen LogP contribution < -0.4 is 5.73 Å². The molecular weight excluding hydrogens is 102 g/mol. The van der Waals surface area contributed by atoms with E-state index in [2.05, 4.69) is 0 Å². The van der Waals surface area contributed by atoms with Crippen LogP contribution in [0.2, 0.25) is 0 Å². The molecule has 8 heavy (non-hydrogen) atoms. The first-order valence-electron chi connectivity index (χ1n) is 2.78. The third-order valence-electron chi connectivity index (χ3n) is 0.993. The van der Waals surface area contributed by atoms with Crippen LogP contribution in [0, 0.1) is 0 Å². The molecule has 0 aliphatic carbocycles. The van der Waals surface area contributed by atoms with Crippen LogP contribution in [0.25, 0.3) is 0 Å². The molecular formula is C6H13NO. The van der Waals surface area contributed by atoms with Crippen LogP contribution in [0.5, 0.6) is 0 Å². The number of hydrogen-bond donors (Lipinski definition) is 2. The minimum atomic E-state index is -0.769. The Kier molecular flexibility index (Phi) is 3.48. The van der Waals surface area contributed by atoms with E-state index in [4.69, 9.17) is 10.8 Å². The van der Waals surface area contributed by atoms with Crippen LogP contribution in [0.15, 0.2) is 11.6 Å². The van der Waals surface area contributed by atoms with Gasteiger partial charge in [-0.3, -0.25) is 0 Å². The molecule has 0 radical (unpaired) electrons. The van der Waals surface area contributed by atoms with Crippen LogP contribution >= 0.6 is 0 Å². The molecule has 1 unspecified atom stereocenters. The number of rotatable bonds is 2. The van der Waals surface area contributed by atoms with Crippen molar-refractivity contribution in [1.82, 2.24) is 0 Å². The van der Waals surface area contributed by atoms with E-state index in [9.17, 15) is 0 Å². The molecule has 3 N–H and O–H groups in total. The summed E-state index contributed by atoms with van der Waals surface area (Å²) in [6, 6.07) is 0. The monoisotopic (exact) mass is 115 g/mol. The first-order valence-corrected chi connectivity index (χ1v) is 2.78. The quantitative estimate of drug-likeness (QED) is 0.409.